The molecule has 2 aromatic heterocycles. The molecule has 1 amide bonds. The third kappa shape index (κ3) is 3.86. The van der Waals surface area contributed by atoms with Crippen molar-refractivity contribution in [3.05, 3.63) is 86.2 Å². The van der Waals surface area contributed by atoms with Crippen LogP contribution in [-0.4, -0.2) is 15.8 Å². The molecule has 0 spiro atoms. The summed E-state index contributed by atoms with van der Waals surface area (Å²) in [4.78, 5) is 27.0. The van der Waals surface area contributed by atoms with Crippen molar-refractivity contribution < 1.29 is 9.72 Å². The highest BCUT2D eigenvalue weighted by Crippen LogP contribution is 2.25. The summed E-state index contributed by atoms with van der Waals surface area (Å²) in [6, 6.07) is 16.8. The van der Waals surface area contributed by atoms with Gasteiger partial charge in [0.05, 0.1) is 25.7 Å². The fourth-order valence-electron chi connectivity index (χ4n) is 2.62. The maximum absolute atomic E-state index is 12.2. The van der Waals surface area contributed by atoms with Crippen molar-refractivity contribution >= 4 is 49.5 Å². The fraction of sp³-hybridized carbons (Fsp3) is 0.0526. The van der Waals surface area contributed by atoms with Crippen molar-refractivity contribution in [1.29, 1.82) is 0 Å². The molecule has 0 aliphatic heterocycles. The standard InChI is InChI=1S/C19H13N3O3S2/c23-19(13-10-18(22(24)25)26-11-13)20-14-7-5-12(6-8-14)9-17-21-15-3-1-2-4-16(15)27-17/h1-8,10-11H,9H2,(H,20,23). The van der Waals surface area contributed by atoms with Crippen molar-refractivity contribution in [1.82, 2.24) is 4.98 Å². The lowest BCUT2D eigenvalue weighted by Crippen LogP contribution is -2.10. The van der Waals surface area contributed by atoms with Gasteiger partial charge in [0.2, 0.25) is 0 Å². The Morgan fingerprint density at radius 1 is 1.15 bits per heavy atom. The zero-order chi connectivity index (χ0) is 18.8. The lowest BCUT2D eigenvalue weighted by Gasteiger charge is -2.05. The van der Waals surface area contributed by atoms with Gasteiger partial charge in [0.25, 0.3) is 5.91 Å². The molecular weight excluding hydrogens is 382 g/mol. The predicted octanol–water partition coefficient (Wildman–Crippen LogP) is 5.11. The molecule has 0 unspecified atom stereocenters. The van der Waals surface area contributed by atoms with Gasteiger partial charge in [0.15, 0.2) is 0 Å². The van der Waals surface area contributed by atoms with E-state index in [9.17, 15) is 14.9 Å². The van der Waals surface area contributed by atoms with E-state index in [1.54, 1.807) is 11.3 Å². The molecule has 0 atom stereocenters. The molecule has 0 radical (unpaired) electrons. The van der Waals surface area contributed by atoms with Crippen LogP contribution in [0.2, 0.25) is 0 Å². The number of nitro groups is 1. The number of nitrogens with zero attached hydrogens (tertiary/aromatic N) is 2. The van der Waals surface area contributed by atoms with Gasteiger partial charge in [-0.3, -0.25) is 14.9 Å². The largest absolute Gasteiger partial charge is 0.324 e. The summed E-state index contributed by atoms with van der Waals surface area (Å²) in [5, 5.41) is 15.9. The number of fused-ring (bicyclic) bond motifs is 1. The maximum atomic E-state index is 12.2. The molecule has 0 saturated carbocycles. The highest BCUT2D eigenvalue weighted by molar-refractivity contribution is 7.18. The topological polar surface area (TPSA) is 85.1 Å². The monoisotopic (exact) mass is 395 g/mol. The highest BCUT2D eigenvalue weighted by Gasteiger charge is 2.15. The second-order valence-electron chi connectivity index (χ2n) is 5.83. The lowest BCUT2D eigenvalue weighted by molar-refractivity contribution is -0.380. The van der Waals surface area contributed by atoms with Gasteiger partial charge in [0.1, 0.15) is 0 Å². The molecule has 1 N–H and O–H groups in total. The summed E-state index contributed by atoms with van der Waals surface area (Å²) in [5.41, 5.74) is 3.02. The van der Waals surface area contributed by atoms with Crippen LogP contribution in [0.25, 0.3) is 10.2 Å². The summed E-state index contributed by atoms with van der Waals surface area (Å²) in [7, 11) is 0. The Kier molecular flexibility index (Phi) is 4.66. The van der Waals surface area contributed by atoms with Crippen molar-refractivity contribution in [2.45, 2.75) is 6.42 Å². The highest BCUT2D eigenvalue weighted by atomic mass is 32.1. The average molecular weight is 395 g/mol. The van der Waals surface area contributed by atoms with Crippen LogP contribution in [0.15, 0.2) is 60.0 Å². The van der Waals surface area contributed by atoms with Gasteiger partial charge in [-0.15, -0.1) is 11.3 Å². The molecule has 8 heteroatoms. The van der Waals surface area contributed by atoms with Crippen LogP contribution < -0.4 is 5.32 Å². The van der Waals surface area contributed by atoms with Gasteiger partial charge >= 0.3 is 5.00 Å². The molecule has 6 nitrogen and oxygen atoms in total. The van der Waals surface area contributed by atoms with Gasteiger partial charge in [0, 0.05) is 23.6 Å². The minimum absolute atomic E-state index is 0.0497. The van der Waals surface area contributed by atoms with Gasteiger partial charge in [-0.1, -0.05) is 35.6 Å². The van der Waals surface area contributed by atoms with E-state index >= 15 is 0 Å². The zero-order valence-corrected chi connectivity index (χ0v) is 15.5. The number of aromatic nitrogens is 1. The molecule has 0 aliphatic rings. The Balaban J connectivity index is 1.43. The number of rotatable bonds is 5. The molecule has 0 bridgehead atoms. The van der Waals surface area contributed by atoms with Crippen LogP contribution in [0.3, 0.4) is 0 Å². The summed E-state index contributed by atoms with van der Waals surface area (Å²) in [6.45, 7) is 0. The summed E-state index contributed by atoms with van der Waals surface area (Å²) in [5.74, 6) is -0.363. The van der Waals surface area contributed by atoms with E-state index in [0.717, 1.165) is 33.8 Å². The first-order valence-corrected chi connectivity index (χ1v) is 9.76. The number of para-hydroxylation sites is 1. The van der Waals surface area contributed by atoms with E-state index in [0.29, 0.717) is 5.69 Å². The van der Waals surface area contributed by atoms with Crippen LogP contribution in [0, 0.1) is 10.1 Å². The molecule has 0 fully saturated rings. The predicted molar refractivity (Wildman–Crippen MR) is 108 cm³/mol. The Hall–Kier alpha value is -3.10. The minimum atomic E-state index is -0.502. The normalized spacial score (nSPS) is 10.8. The van der Waals surface area contributed by atoms with Gasteiger partial charge in [-0.05, 0) is 29.8 Å². The fourth-order valence-corrected chi connectivity index (χ4v) is 4.32. The van der Waals surface area contributed by atoms with Crippen LogP contribution in [0.1, 0.15) is 20.9 Å². The molecule has 27 heavy (non-hydrogen) atoms. The molecule has 2 aromatic carbocycles. The summed E-state index contributed by atoms with van der Waals surface area (Å²) in [6.07, 6.45) is 0.726. The second-order valence-corrected chi connectivity index (χ2v) is 7.84. The van der Waals surface area contributed by atoms with E-state index in [4.69, 9.17) is 0 Å². The molecule has 134 valence electrons. The van der Waals surface area contributed by atoms with Crippen molar-refractivity contribution in [2.75, 3.05) is 5.32 Å². The average Bonchev–Trinajstić information content (AvgIpc) is 3.30. The molecule has 4 rings (SSSR count). The van der Waals surface area contributed by atoms with Gasteiger partial charge in [-0.25, -0.2) is 4.98 Å². The first-order chi connectivity index (χ1) is 13.1. The smallest absolute Gasteiger partial charge is 0.322 e. The molecular formula is C19H13N3O3S2. The van der Waals surface area contributed by atoms with Crippen LogP contribution >= 0.6 is 22.7 Å². The molecule has 4 aromatic rings. The third-order valence-electron chi connectivity index (χ3n) is 3.93. The number of hydrogen-bond donors (Lipinski definition) is 1. The first-order valence-electron chi connectivity index (χ1n) is 8.06. The van der Waals surface area contributed by atoms with Gasteiger partial charge in [-0.2, -0.15) is 0 Å². The van der Waals surface area contributed by atoms with Crippen LogP contribution in [0.4, 0.5) is 10.7 Å². The summed E-state index contributed by atoms with van der Waals surface area (Å²) < 4.78 is 1.17. The van der Waals surface area contributed by atoms with E-state index in [1.807, 2.05) is 42.5 Å². The first kappa shape index (κ1) is 17.3. The Morgan fingerprint density at radius 3 is 2.63 bits per heavy atom. The maximum Gasteiger partial charge on any atom is 0.324 e. The van der Waals surface area contributed by atoms with Crippen molar-refractivity contribution in [3.8, 4) is 0 Å². The van der Waals surface area contributed by atoms with Crippen LogP contribution in [0.5, 0.6) is 0 Å². The third-order valence-corrected chi connectivity index (χ3v) is 5.85. The van der Waals surface area contributed by atoms with Crippen molar-refractivity contribution in [3.63, 3.8) is 0 Å². The van der Waals surface area contributed by atoms with E-state index in [1.165, 1.54) is 16.1 Å². The van der Waals surface area contributed by atoms with E-state index < -0.39 is 4.92 Å². The number of nitrogens with one attached hydrogen (secondary N) is 1. The quantitative estimate of drug-likeness (QED) is 0.376. The van der Waals surface area contributed by atoms with E-state index in [-0.39, 0.29) is 16.5 Å². The van der Waals surface area contributed by atoms with Gasteiger partial charge < -0.3 is 5.32 Å². The lowest BCUT2D eigenvalue weighted by atomic mass is 10.1. The molecule has 2 heterocycles. The zero-order valence-electron chi connectivity index (χ0n) is 13.9. The van der Waals surface area contributed by atoms with Crippen LogP contribution in [-0.2, 0) is 6.42 Å². The SMILES string of the molecule is O=C(Nc1ccc(Cc2nc3ccccc3s2)cc1)c1csc([N+](=O)[O-])c1. The number of thiophene rings is 1. The molecule has 0 saturated heterocycles. The molecule has 0 aliphatic carbocycles. The number of benzene rings is 2. The minimum Gasteiger partial charge on any atom is -0.322 e. The number of hydrogen-bond acceptors (Lipinski definition) is 6. The number of carbonyl (C=O) groups is 1. The Morgan fingerprint density at radius 2 is 1.93 bits per heavy atom. The Bertz CT molecular complexity index is 1100. The number of anilines is 1. The van der Waals surface area contributed by atoms with Crippen molar-refractivity contribution in [2.24, 2.45) is 0 Å². The second kappa shape index (κ2) is 7.26. The number of thiazole rings is 1. The summed E-state index contributed by atoms with van der Waals surface area (Å²) >= 11 is 2.61. The number of carbonyl (C=O) groups excluding carboxylic acids is 1. The Labute approximate surface area is 162 Å². The number of amides is 1. The van der Waals surface area contributed by atoms with E-state index in [2.05, 4.69) is 16.4 Å².